The lowest BCUT2D eigenvalue weighted by Crippen LogP contribution is -2.40. The first kappa shape index (κ1) is 15.9. The Hall–Kier alpha value is -1.43. The molecule has 114 valence electrons. The number of hydrogen-bond acceptors (Lipinski definition) is 2. The van der Waals surface area contributed by atoms with E-state index in [9.17, 15) is 14.0 Å². The molecule has 0 aromatic heterocycles. The van der Waals surface area contributed by atoms with Gasteiger partial charge in [0.25, 0.3) is 5.91 Å². The van der Waals surface area contributed by atoms with E-state index < -0.39 is 11.8 Å². The molecule has 1 aromatic carbocycles. The van der Waals surface area contributed by atoms with Crippen LogP contribution in [0, 0.1) is 11.7 Å². The van der Waals surface area contributed by atoms with Crippen molar-refractivity contribution < 1.29 is 19.1 Å². The van der Waals surface area contributed by atoms with E-state index in [0.29, 0.717) is 29.5 Å². The van der Waals surface area contributed by atoms with Crippen LogP contribution >= 0.6 is 15.9 Å². The number of amides is 1. The number of hydrogen-bond donors (Lipinski definition) is 1. The van der Waals surface area contributed by atoms with Crippen LogP contribution in [-0.2, 0) is 4.79 Å². The highest BCUT2D eigenvalue weighted by atomic mass is 79.9. The lowest BCUT2D eigenvalue weighted by molar-refractivity contribution is -0.137. The molecule has 1 aromatic rings. The van der Waals surface area contributed by atoms with Crippen LogP contribution in [0.3, 0.4) is 0 Å². The summed E-state index contributed by atoms with van der Waals surface area (Å²) in [7, 11) is 0. The lowest BCUT2D eigenvalue weighted by atomic mass is 9.93. The van der Waals surface area contributed by atoms with Crippen molar-refractivity contribution in [3.05, 3.63) is 34.1 Å². The summed E-state index contributed by atoms with van der Waals surface area (Å²) >= 11 is 3.06. The third-order valence-electron chi connectivity index (χ3n) is 3.74. The first-order valence-electron chi connectivity index (χ1n) is 6.93. The molecule has 1 amide bonds. The second kappa shape index (κ2) is 7.02. The molecular weight excluding hydrogens is 341 g/mol. The molecule has 0 bridgehead atoms. The monoisotopic (exact) mass is 357 g/mol. The highest BCUT2D eigenvalue weighted by Crippen LogP contribution is 2.23. The van der Waals surface area contributed by atoms with E-state index in [-0.39, 0.29) is 18.2 Å². The molecule has 21 heavy (non-hydrogen) atoms. The smallest absolute Gasteiger partial charge is 0.303 e. The average Bonchev–Trinajstić information content (AvgIpc) is 2.47. The normalized spacial score (nSPS) is 18.6. The van der Waals surface area contributed by atoms with E-state index in [1.165, 1.54) is 12.1 Å². The Bertz CT molecular complexity index is 550. The van der Waals surface area contributed by atoms with Gasteiger partial charge in [-0.3, -0.25) is 9.59 Å². The fraction of sp³-hybridized carbons (Fsp3) is 0.467. The van der Waals surface area contributed by atoms with E-state index in [2.05, 4.69) is 15.9 Å². The van der Waals surface area contributed by atoms with Crippen molar-refractivity contribution in [3.63, 3.8) is 0 Å². The third-order valence-corrected chi connectivity index (χ3v) is 4.38. The van der Waals surface area contributed by atoms with Gasteiger partial charge in [-0.2, -0.15) is 0 Å². The molecule has 0 aliphatic carbocycles. The SMILES string of the molecule is O=C(O)CC[C@@H]1CCCN(C(=O)c2ccc(Br)c(F)c2)C1. The van der Waals surface area contributed by atoms with E-state index in [4.69, 9.17) is 5.11 Å². The molecule has 1 heterocycles. The number of carbonyl (C=O) groups is 2. The minimum Gasteiger partial charge on any atom is -0.481 e. The summed E-state index contributed by atoms with van der Waals surface area (Å²) in [6.45, 7) is 1.18. The summed E-state index contributed by atoms with van der Waals surface area (Å²) in [5.74, 6) is -1.26. The number of nitrogens with zero attached hydrogens (tertiary/aromatic N) is 1. The summed E-state index contributed by atoms with van der Waals surface area (Å²) in [4.78, 5) is 24.7. The van der Waals surface area contributed by atoms with Gasteiger partial charge in [0.2, 0.25) is 0 Å². The van der Waals surface area contributed by atoms with Gasteiger partial charge < -0.3 is 10.0 Å². The largest absolute Gasteiger partial charge is 0.481 e. The van der Waals surface area contributed by atoms with Crippen molar-refractivity contribution in [1.29, 1.82) is 0 Å². The van der Waals surface area contributed by atoms with Crippen molar-refractivity contribution in [2.24, 2.45) is 5.92 Å². The molecule has 0 radical (unpaired) electrons. The number of carboxylic acids is 1. The van der Waals surface area contributed by atoms with Gasteiger partial charge in [0.05, 0.1) is 4.47 Å². The molecule has 0 saturated carbocycles. The highest BCUT2D eigenvalue weighted by Gasteiger charge is 2.25. The minimum absolute atomic E-state index is 0.125. The van der Waals surface area contributed by atoms with E-state index in [0.717, 1.165) is 12.8 Å². The molecule has 1 fully saturated rings. The number of benzene rings is 1. The number of carbonyl (C=O) groups excluding carboxylic acids is 1. The van der Waals surface area contributed by atoms with Crippen molar-refractivity contribution in [1.82, 2.24) is 4.90 Å². The molecule has 4 nitrogen and oxygen atoms in total. The van der Waals surface area contributed by atoms with E-state index in [1.54, 1.807) is 11.0 Å². The van der Waals surface area contributed by atoms with Crippen molar-refractivity contribution in [2.45, 2.75) is 25.7 Å². The second-order valence-corrected chi connectivity index (χ2v) is 6.18. The molecule has 0 unspecified atom stereocenters. The zero-order valence-electron chi connectivity index (χ0n) is 11.5. The van der Waals surface area contributed by atoms with Gasteiger partial charge in [-0.1, -0.05) is 0 Å². The van der Waals surface area contributed by atoms with Gasteiger partial charge in [-0.25, -0.2) is 4.39 Å². The van der Waals surface area contributed by atoms with Crippen LogP contribution in [0.5, 0.6) is 0 Å². The maximum atomic E-state index is 13.5. The summed E-state index contributed by atoms with van der Waals surface area (Å²) in [5.41, 5.74) is 0.328. The van der Waals surface area contributed by atoms with Crippen molar-refractivity contribution in [3.8, 4) is 0 Å². The Morgan fingerprint density at radius 3 is 2.86 bits per heavy atom. The molecule has 1 aliphatic rings. The van der Waals surface area contributed by atoms with Crippen LogP contribution in [-0.4, -0.2) is 35.0 Å². The van der Waals surface area contributed by atoms with Crippen LogP contribution in [0.4, 0.5) is 4.39 Å². The first-order chi connectivity index (χ1) is 9.97. The first-order valence-corrected chi connectivity index (χ1v) is 7.73. The number of likely N-dealkylation sites (tertiary alicyclic amines) is 1. The Kier molecular flexibility index (Phi) is 5.33. The van der Waals surface area contributed by atoms with Crippen LogP contribution in [0.1, 0.15) is 36.0 Å². The molecule has 0 spiro atoms. The quantitative estimate of drug-likeness (QED) is 0.899. The van der Waals surface area contributed by atoms with Gasteiger partial charge >= 0.3 is 5.97 Å². The van der Waals surface area contributed by atoms with Gasteiger partial charge in [-0.05, 0) is 59.3 Å². The van der Waals surface area contributed by atoms with Crippen molar-refractivity contribution in [2.75, 3.05) is 13.1 Å². The van der Waals surface area contributed by atoms with E-state index in [1.807, 2.05) is 0 Å². The summed E-state index contributed by atoms with van der Waals surface area (Å²) in [6.07, 6.45) is 2.49. The molecular formula is C15H17BrFNO3. The highest BCUT2D eigenvalue weighted by molar-refractivity contribution is 9.10. The van der Waals surface area contributed by atoms with Crippen LogP contribution in [0.15, 0.2) is 22.7 Å². The Balaban J connectivity index is 2.01. The molecule has 1 N–H and O–H groups in total. The molecule has 1 atom stereocenters. The number of aliphatic carboxylic acids is 1. The number of halogens is 2. The number of carboxylic acid groups (broad SMARTS) is 1. The van der Waals surface area contributed by atoms with E-state index >= 15 is 0 Å². The fourth-order valence-corrected chi connectivity index (χ4v) is 2.87. The standard InChI is InChI=1S/C15H17BrFNO3/c16-12-5-4-11(8-13(12)17)15(21)18-7-1-2-10(9-18)3-6-14(19)20/h4-5,8,10H,1-3,6-7,9H2,(H,19,20)/t10-/m0/s1. The predicted molar refractivity (Wildman–Crippen MR) is 79.6 cm³/mol. The maximum Gasteiger partial charge on any atom is 0.303 e. The topological polar surface area (TPSA) is 57.6 Å². The Morgan fingerprint density at radius 2 is 2.19 bits per heavy atom. The Morgan fingerprint density at radius 1 is 1.43 bits per heavy atom. The summed E-state index contributed by atoms with van der Waals surface area (Å²) in [6, 6.07) is 4.35. The molecule has 6 heteroatoms. The second-order valence-electron chi connectivity index (χ2n) is 5.32. The third kappa shape index (κ3) is 4.27. The zero-order valence-corrected chi connectivity index (χ0v) is 13.1. The van der Waals surface area contributed by atoms with Gasteiger partial charge in [0, 0.05) is 25.1 Å². The molecule has 1 saturated heterocycles. The maximum absolute atomic E-state index is 13.5. The van der Waals surface area contributed by atoms with Gasteiger partial charge in [-0.15, -0.1) is 0 Å². The molecule has 2 rings (SSSR count). The molecule has 1 aliphatic heterocycles. The average molecular weight is 358 g/mol. The zero-order chi connectivity index (χ0) is 15.4. The van der Waals surface area contributed by atoms with Crippen LogP contribution in [0.2, 0.25) is 0 Å². The van der Waals surface area contributed by atoms with Gasteiger partial charge in [0.15, 0.2) is 0 Å². The van der Waals surface area contributed by atoms with Crippen LogP contribution in [0.25, 0.3) is 0 Å². The van der Waals surface area contributed by atoms with Crippen LogP contribution < -0.4 is 0 Å². The van der Waals surface area contributed by atoms with Gasteiger partial charge in [0.1, 0.15) is 5.82 Å². The minimum atomic E-state index is -0.812. The number of piperidine rings is 1. The predicted octanol–water partition coefficient (Wildman–Crippen LogP) is 3.31. The lowest BCUT2D eigenvalue weighted by Gasteiger charge is -2.32. The fourth-order valence-electron chi connectivity index (χ4n) is 2.62. The number of rotatable bonds is 4. The summed E-state index contributed by atoms with van der Waals surface area (Å²) in [5, 5.41) is 8.73. The van der Waals surface area contributed by atoms with Crippen molar-refractivity contribution >= 4 is 27.8 Å². The summed E-state index contributed by atoms with van der Waals surface area (Å²) < 4.78 is 13.8. The Labute approximate surface area is 131 Å².